The van der Waals surface area contributed by atoms with E-state index in [9.17, 15) is 9.59 Å². The van der Waals surface area contributed by atoms with E-state index in [1.165, 1.54) is 40.6 Å². The Labute approximate surface area is 181 Å². The van der Waals surface area contributed by atoms with E-state index in [0.717, 1.165) is 17.8 Å². The number of hydrogen-bond acceptors (Lipinski definition) is 8. The van der Waals surface area contributed by atoms with Crippen LogP contribution in [0.2, 0.25) is 0 Å². The van der Waals surface area contributed by atoms with Gasteiger partial charge in [-0.1, -0.05) is 18.7 Å². The first-order valence-corrected chi connectivity index (χ1v) is 11.8. The van der Waals surface area contributed by atoms with Crippen LogP contribution in [-0.4, -0.2) is 39.5 Å². The molecule has 0 aromatic carbocycles. The second kappa shape index (κ2) is 9.55. The van der Waals surface area contributed by atoms with Crippen LogP contribution in [0.1, 0.15) is 34.6 Å². The van der Waals surface area contributed by atoms with Gasteiger partial charge in [-0.3, -0.25) is 4.79 Å². The highest BCUT2D eigenvalue weighted by atomic mass is 32.2. The molecule has 0 saturated heterocycles. The Bertz CT molecular complexity index is 1020. The molecule has 0 aliphatic heterocycles. The number of ether oxygens (including phenoxy) is 1. The fraction of sp³-hybridized carbons (Fsp3) is 0.368. The van der Waals surface area contributed by atoms with Crippen molar-refractivity contribution >= 4 is 51.3 Å². The summed E-state index contributed by atoms with van der Waals surface area (Å²) in [4.78, 5) is 25.4. The maximum atomic E-state index is 12.4. The third-order valence-corrected chi connectivity index (χ3v) is 7.14. The van der Waals surface area contributed by atoms with E-state index >= 15 is 0 Å². The Hall–Kier alpha value is -2.17. The minimum atomic E-state index is -0.470. The zero-order valence-corrected chi connectivity index (χ0v) is 19.1. The van der Waals surface area contributed by atoms with Gasteiger partial charge in [0.1, 0.15) is 5.00 Å². The van der Waals surface area contributed by atoms with Crippen LogP contribution in [0.15, 0.2) is 22.0 Å². The molecule has 0 atom stereocenters. The van der Waals surface area contributed by atoms with Crippen molar-refractivity contribution in [3.8, 4) is 11.4 Å². The summed E-state index contributed by atoms with van der Waals surface area (Å²) in [7, 11) is 1.32. The minimum absolute atomic E-state index is 0.167. The van der Waals surface area contributed by atoms with E-state index in [0.29, 0.717) is 22.3 Å². The maximum Gasteiger partial charge on any atom is 0.340 e. The topological polar surface area (TPSA) is 86.1 Å². The predicted molar refractivity (Wildman–Crippen MR) is 118 cm³/mol. The van der Waals surface area contributed by atoms with Crippen molar-refractivity contribution in [2.45, 2.75) is 38.9 Å². The molecule has 7 nitrogen and oxygen atoms in total. The van der Waals surface area contributed by atoms with Crippen LogP contribution in [-0.2, 0) is 22.5 Å². The molecular weight excluding hydrogens is 428 g/mol. The van der Waals surface area contributed by atoms with Crippen molar-refractivity contribution in [3.05, 3.63) is 32.8 Å². The third-order valence-electron chi connectivity index (χ3n) is 4.39. The van der Waals surface area contributed by atoms with Crippen molar-refractivity contribution in [3.63, 3.8) is 0 Å². The van der Waals surface area contributed by atoms with Crippen LogP contribution in [0, 0.1) is 6.92 Å². The van der Waals surface area contributed by atoms with Crippen molar-refractivity contribution in [1.29, 1.82) is 0 Å². The number of rotatable bonds is 8. The molecule has 29 heavy (non-hydrogen) atoms. The van der Waals surface area contributed by atoms with E-state index in [4.69, 9.17) is 4.74 Å². The number of thiophene rings is 2. The summed E-state index contributed by atoms with van der Waals surface area (Å²) in [6.45, 7) is 7.00. The molecule has 0 spiro atoms. The smallest absolute Gasteiger partial charge is 0.340 e. The summed E-state index contributed by atoms with van der Waals surface area (Å²) >= 11 is 4.33. The number of methoxy groups -OCH3 is 1. The van der Waals surface area contributed by atoms with Gasteiger partial charge in [0, 0.05) is 22.4 Å². The number of amides is 1. The van der Waals surface area contributed by atoms with Crippen LogP contribution in [0.5, 0.6) is 0 Å². The minimum Gasteiger partial charge on any atom is -0.465 e. The lowest BCUT2D eigenvalue weighted by molar-refractivity contribution is -0.113. The number of anilines is 1. The van der Waals surface area contributed by atoms with Gasteiger partial charge in [-0.05, 0) is 37.3 Å². The van der Waals surface area contributed by atoms with Crippen LogP contribution in [0.25, 0.3) is 11.4 Å². The van der Waals surface area contributed by atoms with E-state index in [1.54, 1.807) is 22.8 Å². The SMILES string of the molecule is CCc1c(-c2nnc(SCC(=O)Nc3sccc3C(=O)OC)n2CC)csc1C. The van der Waals surface area contributed by atoms with Gasteiger partial charge in [0.15, 0.2) is 11.0 Å². The van der Waals surface area contributed by atoms with Crippen molar-refractivity contribution < 1.29 is 14.3 Å². The molecule has 154 valence electrons. The Kier molecular flexibility index (Phi) is 7.09. The highest BCUT2D eigenvalue weighted by Gasteiger charge is 2.20. The number of esters is 1. The molecule has 1 amide bonds. The number of thioether (sulfide) groups is 1. The molecule has 0 aliphatic rings. The molecule has 3 aromatic rings. The first kappa shape index (κ1) is 21.5. The van der Waals surface area contributed by atoms with Gasteiger partial charge in [0.2, 0.25) is 5.91 Å². The standard InChI is InChI=1S/C19H22N4O3S3/c1-5-12-11(3)28-9-14(12)16-21-22-19(23(16)6-2)29-10-15(24)20-17-13(7-8-27-17)18(25)26-4/h7-9H,5-6,10H2,1-4H3,(H,20,24). The molecule has 10 heteroatoms. The van der Waals surface area contributed by atoms with Crippen LogP contribution < -0.4 is 5.32 Å². The average Bonchev–Trinajstić information content (AvgIpc) is 3.43. The average molecular weight is 451 g/mol. The molecule has 0 bridgehead atoms. The first-order valence-electron chi connectivity index (χ1n) is 9.09. The van der Waals surface area contributed by atoms with Crippen molar-refractivity contribution in [1.82, 2.24) is 14.8 Å². The van der Waals surface area contributed by atoms with E-state index in [2.05, 4.69) is 34.7 Å². The zero-order valence-electron chi connectivity index (χ0n) is 16.6. The molecule has 0 fully saturated rings. The highest BCUT2D eigenvalue weighted by molar-refractivity contribution is 7.99. The second-order valence-corrected chi connectivity index (χ2v) is 9.02. The summed E-state index contributed by atoms with van der Waals surface area (Å²) in [6, 6.07) is 1.63. The van der Waals surface area contributed by atoms with E-state index < -0.39 is 5.97 Å². The van der Waals surface area contributed by atoms with Crippen molar-refractivity contribution in [2.24, 2.45) is 0 Å². The number of nitrogens with zero attached hydrogens (tertiary/aromatic N) is 3. The molecule has 3 rings (SSSR count). The molecule has 0 unspecified atom stereocenters. The lowest BCUT2D eigenvalue weighted by Gasteiger charge is -2.08. The number of carbonyl (C=O) groups is 2. The zero-order chi connectivity index (χ0) is 21.0. The van der Waals surface area contributed by atoms with Gasteiger partial charge in [-0.2, -0.15) is 0 Å². The Balaban J connectivity index is 1.72. The van der Waals surface area contributed by atoms with Gasteiger partial charge in [-0.25, -0.2) is 4.79 Å². The maximum absolute atomic E-state index is 12.4. The van der Waals surface area contributed by atoms with Gasteiger partial charge < -0.3 is 14.6 Å². The van der Waals surface area contributed by atoms with Gasteiger partial charge in [0.05, 0.1) is 18.4 Å². The molecule has 1 N–H and O–H groups in total. The van der Waals surface area contributed by atoms with Gasteiger partial charge in [-0.15, -0.1) is 32.9 Å². The Morgan fingerprint density at radius 2 is 2.07 bits per heavy atom. The Morgan fingerprint density at radius 1 is 1.28 bits per heavy atom. The normalized spacial score (nSPS) is 10.9. The summed E-state index contributed by atoms with van der Waals surface area (Å²) < 4.78 is 6.76. The number of carbonyl (C=O) groups excluding carboxylic acids is 2. The lowest BCUT2D eigenvalue weighted by Crippen LogP contribution is -2.16. The van der Waals surface area contributed by atoms with Crippen LogP contribution in [0.3, 0.4) is 0 Å². The summed E-state index contributed by atoms with van der Waals surface area (Å²) in [5.74, 6) is 0.320. The first-order chi connectivity index (χ1) is 14.0. The van der Waals surface area contributed by atoms with Crippen molar-refractivity contribution in [2.75, 3.05) is 18.2 Å². The van der Waals surface area contributed by atoms with E-state index in [-0.39, 0.29) is 11.7 Å². The number of aryl methyl sites for hydroxylation is 1. The van der Waals surface area contributed by atoms with Crippen LogP contribution >= 0.6 is 34.4 Å². The van der Waals surface area contributed by atoms with Crippen LogP contribution in [0.4, 0.5) is 5.00 Å². The summed E-state index contributed by atoms with van der Waals surface area (Å²) in [5, 5.41) is 16.5. The van der Waals surface area contributed by atoms with Gasteiger partial charge >= 0.3 is 5.97 Å². The number of hydrogen-bond donors (Lipinski definition) is 1. The summed E-state index contributed by atoms with van der Waals surface area (Å²) in [5.41, 5.74) is 2.76. The Morgan fingerprint density at radius 3 is 2.76 bits per heavy atom. The monoisotopic (exact) mass is 450 g/mol. The van der Waals surface area contributed by atoms with Gasteiger partial charge in [0.25, 0.3) is 0 Å². The fourth-order valence-corrected chi connectivity index (χ4v) is 5.49. The molecule has 0 aliphatic carbocycles. The second-order valence-electron chi connectivity index (χ2n) is 6.08. The predicted octanol–water partition coefficient (Wildman–Crippen LogP) is 4.48. The number of aromatic nitrogens is 3. The molecule has 3 heterocycles. The van der Waals surface area contributed by atoms with E-state index in [1.807, 2.05) is 11.5 Å². The quantitative estimate of drug-likeness (QED) is 0.402. The molecular formula is C19H22N4O3S3. The highest BCUT2D eigenvalue weighted by Crippen LogP contribution is 2.32. The summed E-state index contributed by atoms with van der Waals surface area (Å²) in [6.07, 6.45) is 0.940. The molecule has 3 aromatic heterocycles. The molecule has 0 radical (unpaired) electrons. The third kappa shape index (κ3) is 4.54. The number of nitrogens with one attached hydrogen (secondary N) is 1. The molecule has 0 saturated carbocycles. The fourth-order valence-electron chi connectivity index (χ4n) is 2.96. The largest absolute Gasteiger partial charge is 0.465 e. The lowest BCUT2D eigenvalue weighted by atomic mass is 10.1.